The van der Waals surface area contributed by atoms with Gasteiger partial charge in [0.15, 0.2) is 0 Å². The van der Waals surface area contributed by atoms with Crippen molar-refractivity contribution in [3.8, 4) is 0 Å². The minimum atomic E-state index is 0.260. The topological polar surface area (TPSA) is 32.8 Å². The van der Waals surface area contributed by atoms with Gasteiger partial charge in [0.2, 0.25) is 5.91 Å². The van der Waals surface area contributed by atoms with Crippen LogP contribution >= 0.6 is 0 Å². The first-order valence-electron chi connectivity index (χ1n) is 7.13. The summed E-state index contributed by atoms with van der Waals surface area (Å²) in [6.45, 7) is 2.19. The van der Waals surface area contributed by atoms with Gasteiger partial charge in [-0.15, -0.1) is 0 Å². The van der Waals surface area contributed by atoms with Crippen LogP contribution in [0.4, 0.5) is 5.69 Å². The lowest BCUT2D eigenvalue weighted by Gasteiger charge is -2.17. The summed E-state index contributed by atoms with van der Waals surface area (Å²) in [5.41, 5.74) is 2.52. The fraction of sp³-hybridized carbons (Fsp3) is 0.562. The van der Waals surface area contributed by atoms with Crippen LogP contribution in [0.15, 0.2) is 24.3 Å². The van der Waals surface area contributed by atoms with Crippen molar-refractivity contribution in [1.29, 1.82) is 0 Å². The van der Waals surface area contributed by atoms with Crippen LogP contribution in [-0.4, -0.2) is 51.7 Å². The lowest BCUT2D eigenvalue weighted by molar-refractivity contribution is -0.128. The second-order valence-electron chi connectivity index (χ2n) is 5.67. The second-order valence-corrected chi connectivity index (χ2v) is 5.67. The quantitative estimate of drug-likeness (QED) is 0.794. The standard InChI is InChI=1S/C16H24N2O2/c1-17(2)15-6-4-5-13(10-15)9-14-11-16(19)18(12-14)7-8-20-3/h4-6,10,14H,7-9,11-12H2,1-3H3/t14-/m0/s1. The van der Waals surface area contributed by atoms with Crippen LogP contribution in [0.1, 0.15) is 12.0 Å². The van der Waals surface area contributed by atoms with E-state index in [-0.39, 0.29) is 5.91 Å². The van der Waals surface area contributed by atoms with E-state index >= 15 is 0 Å². The highest BCUT2D eigenvalue weighted by Crippen LogP contribution is 2.23. The Hall–Kier alpha value is -1.55. The Morgan fingerprint density at radius 1 is 1.40 bits per heavy atom. The van der Waals surface area contributed by atoms with Crippen LogP contribution in [0.25, 0.3) is 0 Å². The van der Waals surface area contributed by atoms with Gasteiger partial charge in [0.25, 0.3) is 0 Å². The number of anilines is 1. The third kappa shape index (κ3) is 3.73. The Bertz CT molecular complexity index is 460. The number of amides is 1. The average Bonchev–Trinajstić information content (AvgIpc) is 2.76. The molecule has 1 saturated heterocycles. The van der Waals surface area contributed by atoms with Crippen molar-refractivity contribution in [2.75, 3.05) is 45.8 Å². The molecule has 4 nitrogen and oxygen atoms in total. The molecule has 0 aliphatic carbocycles. The van der Waals surface area contributed by atoms with Crippen molar-refractivity contribution in [2.24, 2.45) is 5.92 Å². The molecule has 0 spiro atoms. The predicted octanol–water partition coefficient (Wildman–Crippen LogP) is 1.79. The first kappa shape index (κ1) is 14.9. The Morgan fingerprint density at radius 3 is 2.90 bits per heavy atom. The molecule has 0 aromatic heterocycles. The van der Waals surface area contributed by atoms with Gasteiger partial charge in [-0.25, -0.2) is 0 Å². The fourth-order valence-electron chi connectivity index (χ4n) is 2.70. The Morgan fingerprint density at radius 2 is 2.20 bits per heavy atom. The zero-order valence-electron chi connectivity index (χ0n) is 12.6. The highest BCUT2D eigenvalue weighted by molar-refractivity contribution is 5.78. The van der Waals surface area contributed by atoms with Crippen LogP contribution in [0.5, 0.6) is 0 Å². The van der Waals surface area contributed by atoms with E-state index in [9.17, 15) is 4.79 Å². The zero-order valence-corrected chi connectivity index (χ0v) is 12.6. The largest absolute Gasteiger partial charge is 0.383 e. The molecular formula is C16H24N2O2. The third-order valence-corrected chi connectivity index (χ3v) is 3.81. The average molecular weight is 276 g/mol. The van der Waals surface area contributed by atoms with Crippen LogP contribution in [0.2, 0.25) is 0 Å². The van der Waals surface area contributed by atoms with E-state index < -0.39 is 0 Å². The SMILES string of the molecule is COCCN1C[C@@H](Cc2cccc(N(C)C)c2)CC1=O. The van der Waals surface area contributed by atoms with Gasteiger partial charge in [-0.05, 0) is 30.0 Å². The lowest BCUT2D eigenvalue weighted by Crippen LogP contribution is -2.28. The molecule has 0 saturated carbocycles. The summed E-state index contributed by atoms with van der Waals surface area (Å²) in [7, 11) is 5.76. The summed E-state index contributed by atoms with van der Waals surface area (Å²) in [5.74, 6) is 0.688. The monoisotopic (exact) mass is 276 g/mol. The highest BCUT2D eigenvalue weighted by Gasteiger charge is 2.29. The van der Waals surface area contributed by atoms with Crippen LogP contribution in [0.3, 0.4) is 0 Å². The number of ether oxygens (including phenoxy) is 1. The lowest BCUT2D eigenvalue weighted by atomic mass is 9.98. The van der Waals surface area contributed by atoms with Gasteiger partial charge in [0.05, 0.1) is 6.61 Å². The molecule has 1 aromatic rings. The van der Waals surface area contributed by atoms with Gasteiger partial charge < -0.3 is 14.5 Å². The molecule has 1 fully saturated rings. The minimum absolute atomic E-state index is 0.260. The number of carbonyl (C=O) groups excluding carboxylic acids is 1. The molecule has 0 N–H and O–H groups in total. The van der Waals surface area contributed by atoms with Gasteiger partial charge in [0.1, 0.15) is 0 Å². The van der Waals surface area contributed by atoms with Gasteiger partial charge in [0, 0.05) is 46.4 Å². The van der Waals surface area contributed by atoms with Crippen molar-refractivity contribution in [2.45, 2.75) is 12.8 Å². The molecule has 1 atom stereocenters. The molecule has 1 heterocycles. The summed E-state index contributed by atoms with van der Waals surface area (Å²) in [4.78, 5) is 15.9. The van der Waals surface area contributed by atoms with Crippen molar-refractivity contribution in [1.82, 2.24) is 4.90 Å². The van der Waals surface area contributed by atoms with E-state index in [1.165, 1.54) is 11.3 Å². The normalized spacial score (nSPS) is 18.6. The molecule has 2 rings (SSSR count). The van der Waals surface area contributed by atoms with Gasteiger partial charge in [-0.3, -0.25) is 4.79 Å². The number of nitrogens with zero attached hydrogens (tertiary/aromatic N) is 2. The van der Waals surface area contributed by atoms with E-state index in [1.54, 1.807) is 7.11 Å². The Labute approximate surface area is 121 Å². The smallest absolute Gasteiger partial charge is 0.223 e. The number of hydrogen-bond donors (Lipinski definition) is 0. The van der Waals surface area contributed by atoms with E-state index in [0.717, 1.165) is 13.0 Å². The van der Waals surface area contributed by atoms with Gasteiger partial charge >= 0.3 is 0 Å². The second kappa shape index (κ2) is 6.75. The first-order chi connectivity index (χ1) is 9.60. The maximum atomic E-state index is 11.9. The van der Waals surface area contributed by atoms with E-state index in [4.69, 9.17) is 4.74 Å². The summed E-state index contributed by atoms with van der Waals surface area (Å²) in [6.07, 6.45) is 1.63. The van der Waals surface area contributed by atoms with Crippen LogP contribution in [0, 0.1) is 5.92 Å². The molecule has 1 aliphatic rings. The van der Waals surface area contributed by atoms with Gasteiger partial charge in [-0.2, -0.15) is 0 Å². The molecular weight excluding hydrogens is 252 g/mol. The maximum Gasteiger partial charge on any atom is 0.223 e. The van der Waals surface area contributed by atoms with Crippen molar-refractivity contribution >= 4 is 11.6 Å². The Balaban J connectivity index is 1.94. The van der Waals surface area contributed by atoms with Gasteiger partial charge in [-0.1, -0.05) is 12.1 Å². The molecule has 0 unspecified atom stereocenters. The Kier molecular flexibility index (Phi) is 5.01. The molecule has 0 bridgehead atoms. The van der Waals surface area contributed by atoms with E-state index in [0.29, 0.717) is 25.5 Å². The first-order valence-corrected chi connectivity index (χ1v) is 7.13. The molecule has 0 radical (unpaired) electrons. The molecule has 1 aliphatic heterocycles. The maximum absolute atomic E-state index is 11.9. The van der Waals surface area contributed by atoms with Crippen LogP contribution in [-0.2, 0) is 16.0 Å². The van der Waals surface area contributed by atoms with Crippen molar-refractivity contribution in [3.05, 3.63) is 29.8 Å². The summed E-state index contributed by atoms with van der Waals surface area (Å²) in [5, 5.41) is 0. The fourth-order valence-corrected chi connectivity index (χ4v) is 2.70. The molecule has 4 heteroatoms. The molecule has 20 heavy (non-hydrogen) atoms. The molecule has 1 amide bonds. The predicted molar refractivity (Wildman–Crippen MR) is 81.0 cm³/mol. The zero-order chi connectivity index (χ0) is 14.5. The van der Waals surface area contributed by atoms with E-state index in [1.807, 2.05) is 19.0 Å². The third-order valence-electron chi connectivity index (χ3n) is 3.81. The van der Waals surface area contributed by atoms with Crippen LogP contribution < -0.4 is 4.90 Å². The molecule has 110 valence electrons. The number of likely N-dealkylation sites (tertiary alicyclic amines) is 1. The summed E-state index contributed by atoms with van der Waals surface area (Å²) >= 11 is 0. The van der Waals surface area contributed by atoms with Crippen molar-refractivity contribution in [3.63, 3.8) is 0 Å². The number of rotatable bonds is 6. The highest BCUT2D eigenvalue weighted by atomic mass is 16.5. The summed E-state index contributed by atoms with van der Waals surface area (Å²) in [6, 6.07) is 8.55. The number of hydrogen-bond acceptors (Lipinski definition) is 3. The minimum Gasteiger partial charge on any atom is -0.383 e. The molecule has 1 aromatic carbocycles. The summed E-state index contributed by atoms with van der Waals surface area (Å²) < 4.78 is 5.05. The number of benzene rings is 1. The van der Waals surface area contributed by atoms with Crippen molar-refractivity contribution < 1.29 is 9.53 Å². The number of carbonyl (C=O) groups is 1. The number of methoxy groups -OCH3 is 1. The van der Waals surface area contributed by atoms with E-state index in [2.05, 4.69) is 29.2 Å².